The first kappa shape index (κ1) is 9.40. The number of aliphatic hydroxyl groups is 1. The average Bonchev–Trinajstić information content (AvgIpc) is 2.31. The molecule has 0 aromatic carbocycles. The van der Waals surface area contributed by atoms with Crippen LogP contribution in [0, 0.1) is 6.07 Å². The molecule has 0 amide bonds. The summed E-state index contributed by atoms with van der Waals surface area (Å²) in [5.74, 6) is 0.160. The summed E-state index contributed by atoms with van der Waals surface area (Å²) in [4.78, 5) is 7.91. The number of aliphatic hydroxyl groups excluding tert-OH is 1. The van der Waals surface area contributed by atoms with Crippen LogP contribution in [0.4, 0.5) is 0 Å². The van der Waals surface area contributed by atoms with Crippen LogP contribution in [0.2, 0.25) is 0 Å². The molecule has 0 aliphatic rings. The minimum atomic E-state index is 0.160. The van der Waals surface area contributed by atoms with E-state index in [4.69, 9.17) is 0 Å². The van der Waals surface area contributed by atoms with Crippen molar-refractivity contribution >= 4 is 11.8 Å². The van der Waals surface area contributed by atoms with Crippen LogP contribution < -0.4 is 0 Å². The molecule has 0 bridgehead atoms. The lowest BCUT2D eigenvalue weighted by Crippen LogP contribution is -1.85. The maximum atomic E-state index is 9.75. The molecule has 2 aromatic heterocycles. The summed E-state index contributed by atoms with van der Waals surface area (Å²) < 4.78 is 0. The first-order chi connectivity index (χ1) is 7.36. The van der Waals surface area contributed by atoms with Gasteiger partial charge in [-0.15, -0.1) is 0 Å². The van der Waals surface area contributed by atoms with Crippen molar-refractivity contribution in [2.24, 2.45) is 0 Å². The molecule has 2 rings (SSSR count). The molecular formula is C12H9N2O. The van der Waals surface area contributed by atoms with Crippen LogP contribution in [0.1, 0.15) is 11.3 Å². The topological polar surface area (TPSA) is 46.0 Å². The Morgan fingerprint density at radius 2 is 2.07 bits per heavy atom. The van der Waals surface area contributed by atoms with Crippen molar-refractivity contribution in [3.05, 3.63) is 60.2 Å². The first-order valence-corrected chi connectivity index (χ1v) is 4.50. The lowest BCUT2D eigenvalue weighted by Gasteiger charge is -1.98. The number of nitrogens with zero attached hydrogens (tertiary/aromatic N) is 2. The van der Waals surface area contributed by atoms with Crippen LogP contribution >= 0.6 is 0 Å². The first-order valence-electron chi connectivity index (χ1n) is 4.50. The highest BCUT2D eigenvalue weighted by molar-refractivity contribution is 5.74. The van der Waals surface area contributed by atoms with Crippen LogP contribution in [0.15, 0.2) is 42.9 Å². The third-order valence-corrected chi connectivity index (χ3v) is 1.88. The normalized spacial score (nSPS) is 11.3. The van der Waals surface area contributed by atoms with E-state index < -0.39 is 0 Å². The van der Waals surface area contributed by atoms with Crippen molar-refractivity contribution in [2.45, 2.75) is 0 Å². The van der Waals surface area contributed by atoms with Gasteiger partial charge in [0.25, 0.3) is 0 Å². The fraction of sp³-hybridized carbons (Fsp3) is 0. The van der Waals surface area contributed by atoms with Crippen LogP contribution in [0.3, 0.4) is 0 Å². The standard InChI is InChI=1S/C12H9N2O/c15-12(10-4-7-13-8-5-10)9-11-3-1-2-6-14-11/h1-2,4-9,15H. The summed E-state index contributed by atoms with van der Waals surface area (Å²) in [6, 6.07) is 9.90. The summed E-state index contributed by atoms with van der Waals surface area (Å²) >= 11 is 0. The van der Waals surface area contributed by atoms with Gasteiger partial charge in [-0.2, -0.15) is 0 Å². The van der Waals surface area contributed by atoms with E-state index in [1.54, 1.807) is 48.9 Å². The van der Waals surface area contributed by atoms with Gasteiger partial charge in [0.05, 0.1) is 5.69 Å². The highest BCUT2D eigenvalue weighted by Gasteiger charge is 1.98. The second kappa shape index (κ2) is 4.37. The summed E-state index contributed by atoms with van der Waals surface area (Å²) in [6.45, 7) is 0. The third kappa shape index (κ3) is 2.40. The van der Waals surface area contributed by atoms with E-state index in [0.717, 1.165) is 0 Å². The Hall–Kier alpha value is -2.16. The quantitative estimate of drug-likeness (QED) is 0.751. The SMILES string of the molecule is OC(=Cc1[c]cccn1)c1ccncc1. The third-order valence-electron chi connectivity index (χ3n) is 1.88. The van der Waals surface area contributed by atoms with Crippen LogP contribution in [-0.2, 0) is 0 Å². The average molecular weight is 197 g/mol. The largest absolute Gasteiger partial charge is 0.507 e. The predicted octanol–water partition coefficient (Wildman–Crippen LogP) is 2.33. The van der Waals surface area contributed by atoms with Crippen molar-refractivity contribution in [1.82, 2.24) is 9.97 Å². The monoisotopic (exact) mass is 197 g/mol. The van der Waals surface area contributed by atoms with Crippen molar-refractivity contribution in [1.29, 1.82) is 0 Å². The molecule has 0 aliphatic heterocycles. The molecule has 0 spiro atoms. The van der Waals surface area contributed by atoms with Gasteiger partial charge in [0.1, 0.15) is 5.76 Å². The second-order valence-corrected chi connectivity index (χ2v) is 2.93. The van der Waals surface area contributed by atoms with E-state index >= 15 is 0 Å². The maximum absolute atomic E-state index is 9.75. The van der Waals surface area contributed by atoms with Crippen molar-refractivity contribution in [3.63, 3.8) is 0 Å². The number of hydrogen-bond acceptors (Lipinski definition) is 3. The Kier molecular flexibility index (Phi) is 2.74. The van der Waals surface area contributed by atoms with Crippen LogP contribution in [0.5, 0.6) is 0 Å². The molecule has 0 saturated heterocycles. The molecule has 0 aliphatic carbocycles. The zero-order chi connectivity index (χ0) is 10.5. The van der Waals surface area contributed by atoms with Gasteiger partial charge in [-0.1, -0.05) is 6.07 Å². The molecule has 0 saturated carbocycles. The van der Waals surface area contributed by atoms with Gasteiger partial charge >= 0.3 is 0 Å². The molecule has 0 atom stereocenters. The van der Waals surface area contributed by atoms with Crippen molar-refractivity contribution < 1.29 is 5.11 Å². The molecule has 3 heteroatoms. The Morgan fingerprint density at radius 1 is 1.27 bits per heavy atom. The van der Waals surface area contributed by atoms with Crippen molar-refractivity contribution in [3.8, 4) is 0 Å². The molecule has 2 aromatic rings. The summed E-state index contributed by atoms with van der Waals surface area (Å²) in [7, 11) is 0. The summed E-state index contributed by atoms with van der Waals surface area (Å²) in [5.41, 5.74) is 1.32. The van der Waals surface area contributed by atoms with E-state index in [-0.39, 0.29) is 5.76 Å². The molecule has 1 N–H and O–H groups in total. The Bertz CT molecular complexity index is 452. The molecule has 2 heterocycles. The van der Waals surface area contributed by atoms with E-state index in [9.17, 15) is 5.11 Å². The van der Waals surface area contributed by atoms with Gasteiger partial charge in [0, 0.05) is 36.3 Å². The molecule has 15 heavy (non-hydrogen) atoms. The van der Waals surface area contributed by atoms with E-state index in [2.05, 4.69) is 16.0 Å². The van der Waals surface area contributed by atoms with Crippen LogP contribution in [0.25, 0.3) is 11.8 Å². The Labute approximate surface area is 87.8 Å². The summed E-state index contributed by atoms with van der Waals surface area (Å²) in [5, 5.41) is 9.75. The molecular weight excluding hydrogens is 188 g/mol. The fourth-order valence-corrected chi connectivity index (χ4v) is 1.15. The van der Waals surface area contributed by atoms with E-state index in [1.165, 1.54) is 0 Å². The number of aromatic nitrogens is 2. The molecule has 0 fully saturated rings. The van der Waals surface area contributed by atoms with Gasteiger partial charge in [0.15, 0.2) is 0 Å². The van der Waals surface area contributed by atoms with Crippen molar-refractivity contribution in [2.75, 3.05) is 0 Å². The Balaban J connectivity index is 2.29. The number of rotatable bonds is 2. The molecule has 0 unspecified atom stereocenters. The lowest BCUT2D eigenvalue weighted by atomic mass is 10.2. The zero-order valence-corrected chi connectivity index (χ0v) is 7.96. The molecule has 3 nitrogen and oxygen atoms in total. The lowest BCUT2D eigenvalue weighted by molar-refractivity contribution is 0.515. The van der Waals surface area contributed by atoms with Gasteiger partial charge < -0.3 is 5.11 Å². The minimum absolute atomic E-state index is 0.160. The Morgan fingerprint density at radius 3 is 2.73 bits per heavy atom. The molecule has 1 radical (unpaired) electrons. The fourth-order valence-electron chi connectivity index (χ4n) is 1.15. The maximum Gasteiger partial charge on any atom is 0.125 e. The molecule has 73 valence electrons. The smallest absolute Gasteiger partial charge is 0.125 e. The minimum Gasteiger partial charge on any atom is -0.507 e. The second-order valence-electron chi connectivity index (χ2n) is 2.93. The highest BCUT2D eigenvalue weighted by atomic mass is 16.3. The number of hydrogen-bond donors (Lipinski definition) is 1. The summed E-state index contributed by atoms with van der Waals surface area (Å²) in [6.07, 6.45) is 6.47. The van der Waals surface area contributed by atoms with Gasteiger partial charge in [0.2, 0.25) is 0 Å². The zero-order valence-electron chi connectivity index (χ0n) is 7.96. The van der Waals surface area contributed by atoms with E-state index in [0.29, 0.717) is 11.3 Å². The number of pyridine rings is 2. The van der Waals surface area contributed by atoms with E-state index in [1.807, 2.05) is 0 Å². The highest BCUT2D eigenvalue weighted by Crippen LogP contribution is 2.12. The van der Waals surface area contributed by atoms with Gasteiger partial charge in [-0.3, -0.25) is 9.97 Å². The predicted molar refractivity (Wildman–Crippen MR) is 57.8 cm³/mol. The van der Waals surface area contributed by atoms with Crippen LogP contribution in [-0.4, -0.2) is 15.1 Å². The van der Waals surface area contributed by atoms with Gasteiger partial charge in [-0.25, -0.2) is 0 Å². The van der Waals surface area contributed by atoms with Gasteiger partial charge in [-0.05, 0) is 18.2 Å².